The van der Waals surface area contributed by atoms with Crippen molar-refractivity contribution < 1.29 is 19.4 Å². The Hall–Kier alpha value is -3.26. The molecule has 0 radical (unpaired) electrons. The van der Waals surface area contributed by atoms with Crippen LogP contribution >= 0.6 is 0 Å². The lowest BCUT2D eigenvalue weighted by Crippen LogP contribution is -2.28. The highest BCUT2D eigenvalue weighted by molar-refractivity contribution is 6.07. The van der Waals surface area contributed by atoms with E-state index in [-0.39, 0.29) is 19.1 Å². The Morgan fingerprint density at radius 2 is 2.00 bits per heavy atom. The van der Waals surface area contributed by atoms with Gasteiger partial charge < -0.3 is 15.2 Å². The van der Waals surface area contributed by atoms with Gasteiger partial charge in [-0.15, -0.1) is 0 Å². The molecule has 3 rings (SSSR count). The van der Waals surface area contributed by atoms with E-state index in [1.807, 2.05) is 37.3 Å². The first-order chi connectivity index (χ1) is 13.0. The van der Waals surface area contributed by atoms with Crippen molar-refractivity contribution in [2.75, 3.05) is 19.8 Å². The summed E-state index contributed by atoms with van der Waals surface area (Å²) >= 11 is 0. The van der Waals surface area contributed by atoms with E-state index in [4.69, 9.17) is 9.84 Å². The Labute approximate surface area is 155 Å². The zero-order valence-corrected chi connectivity index (χ0v) is 15.1. The van der Waals surface area contributed by atoms with Crippen molar-refractivity contribution >= 4 is 22.9 Å². The third-order valence-electron chi connectivity index (χ3n) is 4.04. The SMILES string of the molecule is Cc1nn(C)c2nc(-c3ccccc3)cc(C(=O)NCCOCC(=O)O)c12. The molecule has 0 aliphatic rings. The first kappa shape index (κ1) is 18.5. The molecule has 3 aromatic rings. The molecule has 1 aromatic carbocycles. The number of carbonyl (C=O) groups is 2. The van der Waals surface area contributed by atoms with Crippen LogP contribution in [0, 0.1) is 6.92 Å². The molecule has 8 heteroatoms. The Balaban J connectivity index is 1.91. The fraction of sp³-hybridized carbons (Fsp3) is 0.263. The molecule has 0 fully saturated rings. The quantitative estimate of drug-likeness (QED) is 0.616. The normalized spacial score (nSPS) is 10.9. The molecular formula is C19H20N4O4. The number of aliphatic carboxylic acids is 1. The predicted octanol–water partition coefficient (Wildman–Crippen LogP) is 1.77. The van der Waals surface area contributed by atoms with E-state index in [0.29, 0.717) is 28.0 Å². The molecule has 8 nitrogen and oxygen atoms in total. The summed E-state index contributed by atoms with van der Waals surface area (Å²) in [4.78, 5) is 27.9. The van der Waals surface area contributed by atoms with Gasteiger partial charge in [0, 0.05) is 19.2 Å². The van der Waals surface area contributed by atoms with Crippen LogP contribution in [0.1, 0.15) is 16.1 Å². The van der Waals surface area contributed by atoms with Crippen LogP contribution in [0.2, 0.25) is 0 Å². The number of carboxylic acids is 1. The first-order valence-corrected chi connectivity index (χ1v) is 8.45. The van der Waals surface area contributed by atoms with E-state index < -0.39 is 12.6 Å². The number of nitrogens with one attached hydrogen (secondary N) is 1. The van der Waals surface area contributed by atoms with Crippen LogP contribution in [-0.2, 0) is 16.6 Å². The molecule has 0 aliphatic carbocycles. The Morgan fingerprint density at radius 1 is 1.26 bits per heavy atom. The summed E-state index contributed by atoms with van der Waals surface area (Å²) in [5.41, 5.74) is 3.39. The minimum atomic E-state index is -1.05. The monoisotopic (exact) mass is 368 g/mol. The van der Waals surface area contributed by atoms with Gasteiger partial charge in [0.1, 0.15) is 6.61 Å². The Morgan fingerprint density at radius 3 is 2.70 bits per heavy atom. The molecule has 2 N–H and O–H groups in total. The lowest BCUT2D eigenvalue weighted by Gasteiger charge is -2.09. The van der Waals surface area contributed by atoms with E-state index in [1.54, 1.807) is 17.8 Å². The highest BCUT2D eigenvalue weighted by atomic mass is 16.5. The number of hydrogen-bond acceptors (Lipinski definition) is 5. The fourth-order valence-electron chi connectivity index (χ4n) is 2.87. The van der Waals surface area contributed by atoms with Crippen molar-refractivity contribution in [3.63, 3.8) is 0 Å². The maximum atomic E-state index is 12.8. The number of pyridine rings is 1. The molecule has 0 saturated heterocycles. The van der Waals surface area contributed by atoms with Crippen molar-refractivity contribution in [1.82, 2.24) is 20.1 Å². The number of amides is 1. The second kappa shape index (κ2) is 7.96. The predicted molar refractivity (Wildman–Crippen MR) is 99.5 cm³/mol. The van der Waals surface area contributed by atoms with Gasteiger partial charge in [-0.2, -0.15) is 5.10 Å². The average Bonchev–Trinajstić information content (AvgIpc) is 2.95. The van der Waals surface area contributed by atoms with Crippen LogP contribution < -0.4 is 5.32 Å². The zero-order valence-electron chi connectivity index (χ0n) is 15.1. The number of carbonyl (C=O) groups excluding carboxylic acids is 1. The number of aryl methyl sites for hydroxylation is 2. The largest absolute Gasteiger partial charge is 0.480 e. The van der Waals surface area contributed by atoms with Gasteiger partial charge in [-0.1, -0.05) is 30.3 Å². The van der Waals surface area contributed by atoms with E-state index in [2.05, 4.69) is 15.4 Å². The van der Waals surface area contributed by atoms with Gasteiger partial charge in [0.25, 0.3) is 5.91 Å². The summed E-state index contributed by atoms with van der Waals surface area (Å²) in [7, 11) is 1.79. The third kappa shape index (κ3) is 4.12. The fourth-order valence-corrected chi connectivity index (χ4v) is 2.87. The number of fused-ring (bicyclic) bond motifs is 1. The molecule has 0 unspecified atom stereocenters. The van der Waals surface area contributed by atoms with E-state index in [1.165, 1.54) is 0 Å². The van der Waals surface area contributed by atoms with Gasteiger partial charge in [-0.05, 0) is 13.0 Å². The second-order valence-corrected chi connectivity index (χ2v) is 6.03. The zero-order chi connectivity index (χ0) is 19.4. The van der Waals surface area contributed by atoms with Gasteiger partial charge in [0.05, 0.1) is 28.9 Å². The Bertz CT molecular complexity index is 982. The van der Waals surface area contributed by atoms with Crippen molar-refractivity contribution in [3.05, 3.63) is 47.7 Å². The minimum absolute atomic E-state index is 0.115. The van der Waals surface area contributed by atoms with Gasteiger partial charge in [0.15, 0.2) is 5.65 Å². The number of benzene rings is 1. The second-order valence-electron chi connectivity index (χ2n) is 6.03. The van der Waals surface area contributed by atoms with Crippen molar-refractivity contribution in [2.45, 2.75) is 6.92 Å². The summed E-state index contributed by atoms with van der Waals surface area (Å²) in [6, 6.07) is 11.4. The number of carboxylic acid groups (broad SMARTS) is 1. The summed E-state index contributed by atoms with van der Waals surface area (Å²) < 4.78 is 6.60. The molecule has 0 saturated carbocycles. The molecule has 0 atom stereocenters. The number of ether oxygens (including phenoxy) is 1. The van der Waals surface area contributed by atoms with Crippen LogP contribution in [0.25, 0.3) is 22.3 Å². The van der Waals surface area contributed by atoms with E-state index >= 15 is 0 Å². The van der Waals surface area contributed by atoms with Crippen LogP contribution in [0.3, 0.4) is 0 Å². The number of aromatic nitrogens is 3. The smallest absolute Gasteiger partial charge is 0.329 e. The van der Waals surface area contributed by atoms with Gasteiger partial charge in [-0.25, -0.2) is 9.78 Å². The highest BCUT2D eigenvalue weighted by Gasteiger charge is 2.19. The summed E-state index contributed by atoms with van der Waals surface area (Å²) in [5, 5.41) is 16.4. The minimum Gasteiger partial charge on any atom is -0.480 e. The number of rotatable bonds is 7. The lowest BCUT2D eigenvalue weighted by molar-refractivity contribution is -0.142. The van der Waals surface area contributed by atoms with E-state index in [0.717, 1.165) is 5.56 Å². The summed E-state index contributed by atoms with van der Waals surface area (Å²) in [6.45, 7) is 1.76. The maximum absolute atomic E-state index is 12.8. The van der Waals surface area contributed by atoms with Crippen LogP contribution in [0.5, 0.6) is 0 Å². The highest BCUT2D eigenvalue weighted by Crippen LogP contribution is 2.26. The molecule has 0 bridgehead atoms. The molecule has 27 heavy (non-hydrogen) atoms. The molecule has 0 spiro atoms. The van der Waals surface area contributed by atoms with Gasteiger partial charge in [-0.3, -0.25) is 9.48 Å². The van der Waals surface area contributed by atoms with Crippen molar-refractivity contribution in [1.29, 1.82) is 0 Å². The standard InChI is InChI=1S/C19H20N4O4/c1-12-17-14(19(26)20-8-9-27-11-16(24)25)10-15(13-6-4-3-5-7-13)21-18(17)23(2)22-12/h3-7,10H,8-9,11H2,1-2H3,(H,20,26)(H,24,25). The topological polar surface area (TPSA) is 106 Å². The molecule has 0 aliphatic heterocycles. The van der Waals surface area contributed by atoms with Gasteiger partial charge in [0.2, 0.25) is 0 Å². The van der Waals surface area contributed by atoms with Crippen LogP contribution in [0.15, 0.2) is 36.4 Å². The van der Waals surface area contributed by atoms with Crippen LogP contribution in [-0.4, -0.2) is 51.5 Å². The maximum Gasteiger partial charge on any atom is 0.329 e. The van der Waals surface area contributed by atoms with Gasteiger partial charge >= 0.3 is 5.97 Å². The molecule has 2 aromatic heterocycles. The molecular weight excluding hydrogens is 348 g/mol. The first-order valence-electron chi connectivity index (χ1n) is 8.45. The van der Waals surface area contributed by atoms with Crippen molar-refractivity contribution in [3.8, 4) is 11.3 Å². The van der Waals surface area contributed by atoms with E-state index in [9.17, 15) is 9.59 Å². The number of nitrogens with zero attached hydrogens (tertiary/aromatic N) is 3. The Kier molecular flexibility index (Phi) is 5.46. The molecule has 1 amide bonds. The molecule has 140 valence electrons. The summed E-state index contributed by atoms with van der Waals surface area (Å²) in [5.74, 6) is -1.33. The van der Waals surface area contributed by atoms with Crippen LogP contribution in [0.4, 0.5) is 0 Å². The number of hydrogen-bond donors (Lipinski definition) is 2. The average molecular weight is 368 g/mol. The molecule has 2 heterocycles. The third-order valence-corrected chi connectivity index (χ3v) is 4.04. The lowest BCUT2D eigenvalue weighted by atomic mass is 10.0. The van der Waals surface area contributed by atoms with Crippen molar-refractivity contribution in [2.24, 2.45) is 7.05 Å². The summed E-state index contributed by atoms with van der Waals surface area (Å²) in [6.07, 6.45) is 0.